The highest BCUT2D eigenvalue weighted by Crippen LogP contribution is 2.31. The van der Waals surface area contributed by atoms with Gasteiger partial charge in [-0.3, -0.25) is 0 Å². The average Bonchev–Trinajstić information content (AvgIpc) is 2.69. The molecule has 0 radical (unpaired) electrons. The van der Waals surface area contributed by atoms with E-state index in [1.165, 1.54) is 18.4 Å². The van der Waals surface area contributed by atoms with Crippen molar-refractivity contribution in [2.45, 2.75) is 38.3 Å². The molecule has 0 spiro atoms. The minimum Gasteiger partial charge on any atom is -0.386 e. The Kier molecular flexibility index (Phi) is 2.81. The molecule has 0 aromatic heterocycles. The lowest BCUT2D eigenvalue weighted by Crippen LogP contribution is -2.22. The molecule has 1 atom stereocenters. The molecule has 2 N–H and O–H groups in total. The van der Waals surface area contributed by atoms with Crippen LogP contribution in [0.2, 0.25) is 0 Å². The van der Waals surface area contributed by atoms with Crippen LogP contribution >= 0.6 is 0 Å². The maximum Gasteiger partial charge on any atom is 0.0843 e. The normalized spacial score (nSPS) is 21.9. The smallest absolute Gasteiger partial charge is 0.0843 e. The van der Waals surface area contributed by atoms with Gasteiger partial charge >= 0.3 is 0 Å². The van der Waals surface area contributed by atoms with E-state index in [4.69, 9.17) is 0 Å². The van der Waals surface area contributed by atoms with E-state index in [-0.39, 0.29) is 0 Å². The van der Waals surface area contributed by atoms with Crippen LogP contribution in [0.3, 0.4) is 0 Å². The Bertz CT molecular complexity index is 335. The van der Waals surface area contributed by atoms with Gasteiger partial charge in [0.05, 0.1) is 5.60 Å². The third kappa shape index (κ3) is 2.21. The average molecular weight is 205 g/mol. The van der Waals surface area contributed by atoms with Crippen LogP contribution in [-0.2, 0) is 5.60 Å². The standard InChI is InChI=1S/C13H19NO/c1-13(2,15)11-7-4-3-6-10(11)12-8-5-9-14-12/h3-4,6-7,12,14-15H,5,8-9H2,1-2H3. The van der Waals surface area contributed by atoms with E-state index in [1.54, 1.807) is 0 Å². The van der Waals surface area contributed by atoms with Crippen molar-refractivity contribution >= 4 is 0 Å². The second kappa shape index (κ2) is 3.95. The Morgan fingerprint density at radius 2 is 2.07 bits per heavy atom. The van der Waals surface area contributed by atoms with Gasteiger partial charge in [0.1, 0.15) is 0 Å². The zero-order chi connectivity index (χ0) is 10.9. The van der Waals surface area contributed by atoms with Gasteiger partial charge in [0.2, 0.25) is 0 Å². The van der Waals surface area contributed by atoms with Gasteiger partial charge in [0, 0.05) is 6.04 Å². The Morgan fingerprint density at radius 3 is 2.67 bits per heavy atom. The van der Waals surface area contributed by atoms with E-state index in [2.05, 4.69) is 11.4 Å². The lowest BCUT2D eigenvalue weighted by Gasteiger charge is -2.24. The number of rotatable bonds is 2. The van der Waals surface area contributed by atoms with E-state index in [9.17, 15) is 5.11 Å². The van der Waals surface area contributed by atoms with Crippen LogP contribution in [0.15, 0.2) is 24.3 Å². The monoisotopic (exact) mass is 205 g/mol. The summed E-state index contributed by atoms with van der Waals surface area (Å²) in [5.41, 5.74) is 1.55. The van der Waals surface area contributed by atoms with Crippen LogP contribution < -0.4 is 5.32 Å². The molecule has 1 aromatic rings. The molecule has 2 rings (SSSR count). The number of hydrogen-bond acceptors (Lipinski definition) is 2. The van der Waals surface area contributed by atoms with Crippen molar-refractivity contribution in [3.63, 3.8) is 0 Å². The second-order valence-corrected chi connectivity index (χ2v) is 4.80. The Labute approximate surface area is 91.3 Å². The van der Waals surface area contributed by atoms with Crippen molar-refractivity contribution in [2.75, 3.05) is 6.54 Å². The molecule has 82 valence electrons. The van der Waals surface area contributed by atoms with E-state index in [1.807, 2.05) is 32.0 Å². The molecule has 1 unspecified atom stereocenters. The molecular weight excluding hydrogens is 186 g/mol. The molecule has 1 heterocycles. The first-order chi connectivity index (χ1) is 7.09. The molecule has 1 aromatic carbocycles. The van der Waals surface area contributed by atoms with Crippen LogP contribution in [0.4, 0.5) is 0 Å². The number of hydrogen-bond donors (Lipinski definition) is 2. The molecule has 1 fully saturated rings. The maximum atomic E-state index is 10.1. The number of nitrogens with one attached hydrogen (secondary N) is 1. The molecule has 1 saturated heterocycles. The zero-order valence-corrected chi connectivity index (χ0v) is 9.46. The second-order valence-electron chi connectivity index (χ2n) is 4.80. The van der Waals surface area contributed by atoms with Crippen molar-refractivity contribution in [3.8, 4) is 0 Å². The molecule has 0 aliphatic carbocycles. The summed E-state index contributed by atoms with van der Waals surface area (Å²) < 4.78 is 0. The van der Waals surface area contributed by atoms with E-state index < -0.39 is 5.60 Å². The SMILES string of the molecule is CC(C)(O)c1ccccc1C1CCCN1. The van der Waals surface area contributed by atoms with E-state index >= 15 is 0 Å². The van der Waals surface area contributed by atoms with Crippen LogP contribution in [0.5, 0.6) is 0 Å². The van der Waals surface area contributed by atoms with Crippen LogP contribution in [0.25, 0.3) is 0 Å². The summed E-state index contributed by atoms with van der Waals surface area (Å²) in [5, 5.41) is 13.6. The summed E-state index contributed by atoms with van der Waals surface area (Å²) >= 11 is 0. The van der Waals surface area contributed by atoms with Gasteiger partial charge in [-0.25, -0.2) is 0 Å². The summed E-state index contributed by atoms with van der Waals surface area (Å²) in [6, 6.07) is 8.61. The molecular formula is C13H19NO. The third-order valence-electron chi connectivity index (χ3n) is 3.06. The highest BCUT2D eigenvalue weighted by atomic mass is 16.3. The zero-order valence-electron chi connectivity index (χ0n) is 9.46. The van der Waals surface area contributed by atoms with Crippen molar-refractivity contribution in [3.05, 3.63) is 35.4 Å². The van der Waals surface area contributed by atoms with Crippen molar-refractivity contribution < 1.29 is 5.11 Å². The molecule has 1 aliphatic heterocycles. The summed E-state index contributed by atoms with van der Waals surface area (Å²) in [5.74, 6) is 0. The Morgan fingerprint density at radius 1 is 1.33 bits per heavy atom. The van der Waals surface area contributed by atoms with Gasteiger partial charge < -0.3 is 10.4 Å². The molecule has 2 heteroatoms. The highest BCUT2D eigenvalue weighted by Gasteiger charge is 2.25. The van der Waals surface area contributed by atoms with Crippen molar-refractivity contribution in [2.24, 2.45) is 0 Å². The maximum absolute atomic E-state index is 10.1. The first-order valence-electron chi connectivity index (χ1n) is 5.64. The van der Waals surface area contributed by atoms with E-state index in [0.29, 0.717) is 6.04 Å². The predicted molar refractivity (Wildman–Crippen MR) is 61.7 cm³/mol. The van der Waals surface area contributed by atoms with Crippen LogP contribution in [0.1, 0.15) is 43.9 Å². The highest BCUT2D eigenvalue weighted by molar-refractivity contribution is 5.34. The first-order valence-corrected chi connectivity index (χ1v) is 5.64. The number of aliphatic hydroxyl groups is 1. The fraction of sp³-hybridized carbons (Fsp3) is 0.538. The van der Waals surface area contributed by atoms with Gasteiger partial charge in [-0.1, -0.05) is 24.3 Å². The lowest BCUT2D eigenvalue weighted by atomic mass is 9.89. The molecule has 2 nitrogen and oxygen atoms in total. The van der Waals surface area contributed by atoms with Gasteiger partial charge in [0.25, 0.3) is 0 Å². The summed E-state index contributed by atoms with van der Waals surface area (Å²) in [6.07, 6.45) is 2.40. The Hall–Kier alpha value is -0.860. The van der Waals surface area contributed by atoms with E-state index in [0.717, 1.165) is 12.1 Å². The topological polar surface area (TPSA) is 32.3 Å². The van der Waals surface area contributed by atoms with Crippen molar-refractivity contribution in [1.82, 2.24) is 5.32 Å². The van der Waals surface area contributed by atoms with Crippen molar-refractivity contribution in [1.29, 1.82) is 0 Å². The molecule has 0 bridgehead atoms. The number of benzene rings is 1. The predicted octanol–water partition coefficient (Wildman–Crippen LogP) is 2.34. The lowest BCUT2D eigenvalue weighted by molar-refractivity contribution is 0.0771. The Balaban J connectivity index is 2.37. The summed E-state index contributed by atoms with van der Waals surface area (Å²) in [7, 11) is 0. The fourth-order valence-electron chi connectivity index (χ4n) is 2.31. The molecule has 0 saturated carbocycles. The van der Waals surface area contributed by atoms with Crippen LogP contribution in [0, 0.1) is 0 Å². The summed E-state index contributed by atoms with van der Waals surface area (Å²) in [6.45, 7) is 4.78. The minimum atomic E-state index is -0.749. The summed E-state index contributed by atoms with van der Waals surface area (Å²) in [4.78, 5) is 0. The molecule has 15 heavy (non-hydrogen) atoms. The van der Waals surface area contributed by atoms with Gasteiger partial charge in [-0.15, -0.1) is 0 Å². The van der Waals surface area contributed by atoms with Gasteiger partial charge in [0.15, 0.2) is 0 Å². The fourth-order valence-corrected chi connectivity index (χ4v) is 2.31. The van der Waals surface area contributed by atoms with Gasteiger partial charge in [-0.2, -0.15) is 0 Å². The first kappa shape index (κ1) is 10.7. The van der Waals surface area contributed by atoms with Gasteiger partial charge in [-0.05, 0) is 44.4 Å². The molecule has 0 amide bonds. The molecule has 1 aliphatic rings. The third-order valence-corrected chi connectivity index (χ3v) is 3.06. The minimum absolute atomic E-state index is 0.424. The van der Waals surface area contributed by atoms with Crippen LogP contribution in [-0.4, -0.2) is 11.7 Å². The largest absolute Gasteiger partial charge is 0.386 e. The quantitative estimate of drug-likeness (QED) is 0.776.